The predicted molar refractivity (Wildman–Crippen MR) is 94.9 cm³/mol. The van der Waals surface area contributed by atoms with E-state index in [0.717, 1.165) is 6.42 Å². The van der Waals surface area contributed by atoms with Gasteiger partial charge in [-0.15, -0.1) is 0 Å². The summed E-state index contributed by atoms with van der Waals surface area (Å²) in [6.45, 7) is 0. The molecule has 0 aliphatic carbocycles. The van der Waals surface area contributed by atoms with E-state index in [9.17, 15) is 9.59 Å². The topological polar surface area (TPSA) is 55.8 Å². The third kappa shape index (κ3) is 2.07. The van der Waals surface area contributed by atoms with E-state index in [1.54, 1.807) is 31.4 Å². The molecule has 5 rings (SSSR count). The number of fused-ring (bicyclic) bond motifs is 5. The third-order valence-electron chi connectivity index (χ3n) is 5.93. The highest BCUT2D eigenvalue weighted by molar-refractivity contribution is 6.22. The predicted octanol–water partition coefficient (Wildman–Crippen LogP) is 2.76. The Morgan fingerprint density at radius 3 is 2.35 bits per heavy atom. The first kappa shape index (κ1) is 15.6. The molecule has 3 saturated heterocycles. The van der Waals surface area contributed by atoms with Gasteiger partial charge in [-0.1, -0.05) is 30.3 Å². The van der Waals surface area contributed by atoms with Gasteiger partial charge in [-0.3, -0.25) is 9.59 Å². The lowest BCUT2D eigenvalue weighted by molar-refractivity contribution is -0.124. The number of carbonyl (C=O) groups excluding carboxylic acids is 2. The van der Waals surface area contributed by atoms with Gasteiger partial charge in [0, 0.05) is 5.92 Å². The molecule has 26 heavy (non-hydrogen) atoms. The molecule has 0 saturated carbocycles. The Kier molecular flexibility index (Phi) is 3.40. The molecule has 2 aromatic rings. The maximum absolute atomic E-state index is 13.1. The number of hydrogen-bond donors (Lipinski definition) is 0. The van der Waals surface area contributed by atoms with Gasteiger partial charge in [0.15, 0.2) is 0 Å². The van der Waals surface area contributed by atoms with Crippen LogP contribution in [0.3, 0.4) is 0 Å². The van der Waals surface area contributed by atoms with E-state index in [4.69, 9.17) is 9.47 Å². The fourth-order valence-electron chi connectivity index (χ4n) is 4.76. The minimum absolute atomic E-state index is 0.135. The van der Waals surface area contributed by atoms with E-state index in [1.165, 1.54) is 10.5 Å². The number of anilines is 1. The molecule has 0 radical (unpaired) electrons. The summed E-state index contributed by atoms with van der Waals surface area (Å²) in [4.78, 5) is 27.4. The van der Waals surface area contributed by atoms with Crippen molar-refractivity contribution in [1.29, 1.82) is 0 Å². The van der Waals surface area contributed by atoms with Gasteiger partial charge < -0.3 is 9.47 Å². The lowest BCUT2D eigenvalue weighted by Gasteiger charge is -2.25. The number of hydrogen-bond acceptors (Lipinski definition) is 4. The zero-order valence-electron chi connectivity index (χ0n) is 14.4. The normalized spacial score (nSPS) is 32.2. The summed E-state index contributed by atoms with van der Waals surface area (Å²) >= 11 is 0. The first-order chi connectivity index (χ1) is 12.7. The number of nitrogens with zero attached hydrogens (tertiary/aromatic N) is 1. The Morgan fingerprint density at radius 1 is 0.962 bits per heavy atom. The number of carbonyl (C=O) groups is 2. The van der Waals surface area contributed by atoms with E-state index < -0.39 is 0 Å². The van der Waals surface area contributed by atoms with Gasteiger partial charge in [-0.05, 0) is 36.2 Å². The fourth-order valence-corrected chi connectivity index (χ4v) is 4.76. The highest BCUT2D eigenvalue weighted by atomic mass is 16.5. The summed E-state index contributed by atoms with van der Waals surface area (Å²) in [5.41, 5.74) is 1.78. The molecule has 0 aromatic heterocycles. The van der Waals surface area contributed by atoms with Gasteiger partial charge >= 0.3 is 0 Å². The van der Waals surface area contributed by atoms with Gasteiger partial charge in [0.05, 0.1) is 36.8 Å². The van der Waals surface area contributed by atoms with Crippen LogP contribution in [0.5, 0.6) is 5.75 Å². The van der Waals surface area contributed by atoms with E-state index in [2.05, 4.69) is 12.1 Å². The highest BCUT2D eigenvalue weighted by Crippen LogP contribution is 2.54. The summed E-state index contributed by atoms with van der Waals surface area (Å²) in [6, 6.07) is 17.2. The smallest absolute Gasteiger partial charge is 0.240 e. The summed E-state index contributed by atoms with van der Waals surface area (Å²) < 4.78 is 11.2. The minimum atomic E-state index is -0.381. The molecule has 132 valence electrons. The van der Waals surface area contributed by atoms with Crippen LogP contribution in [0.4, 0.5) is 5.69 Å². The van der Waals surface area contributed by atoms with Crippen molar-refractivity contribution in [2.75, 3.05) is 12.0 Å². The summed E-state index contributed by atoms with van der Waals surface area (Å²) in [7, 11) is 1.59. The van der Waals surface area contributed by atoms with Crippen LogP contribution >= 0.6 is 0 Å². The van der Waals surface area contributed by atoms with Crippen molar-refractivity contribution in [2.24, 2.45) is 11.8 Å². The van der Waals surface area contributed by atoms with Crippen molar-refractivity contribution in [3.05, 3.63) is 60.2 Å². The molecule has 5 nitrogen and oxygen atoms in total. The summed E-state index contributed by atoms with van der Waals surface area (Å²) in [5, 5.41) is 0. The Morgan fingerprint density at radius 2 is 1.65 bits per heavy atom. The standard InChI is InChI=1S/C21H19NO4/c1-25-14-9-7-13(8-10-14)22-20(23)17-16-11-15(12-5-3-2-4-6-12)19(26-16)18(17)21(22)24/h2-10,15-19H,11H2,1H3/t15-,16-,17-,18-,19+/m0/s1. The first-order valence-electron chi connectivity index (χ1n) is 8.91. The van der Waals surface area contributed by atoms with Crippen LogP contribution in [0.1, 0.15) is 17.9 Å². The molecule has 3 fully saturated rings. The summed E-state index contributed by atoms with van der Waals surface area (Å²) in [6.07, 6.45) is 0.410. The molecule has 3 aliphatic rings. The molecule has 2 amide bonds. The molecule has 5 atom stereocenters. The van der Waals surface area contributed by atoms with E-state index >= 15 is 0 Å². The van der Waals surface area contributed by atoms with Crippen LogP contribution in [0.15, 0.2) is 54.6 Å². The minimum Gasteiger partial charge on any atom is -0.497 e. The van der Waals surface area contributed by atoms with Gasteiger partial charge in [0.2, 0.25) is 11.8 Å². The quantitative estimate of drug-likeness (QED) is 0.800. The van der Waals surface area contributed by atoms with Crippen molar-refractivity contribution in [1.82, 2.24) is 0 Å². The molecule has 2 aromatic carbocycles. The van der Waals surface area contributed by atoms with Gasteiger partial charge in [0.25, 0.3) is 0 Å². The van der Waals surface area contributed by atoms with Crippen LogP contribution in [-0.2, 0) is 14.3 Å². The molecule has 0 unspecified atom stereocenters. The van der Waals surface area contributed by atoms with Crippen LogP contribution < -0.4 is 9.64 Å². The van der Waals surface area contributed by atoms with Crippen molar-refractivity contribution < 1.29 is 19.1 Å². The van der Waals surface area contributed by atoms with Gasteiger partial charge in [0.1, 0.15) is 5.75 Å². The molecular weight excluding hydrogens is 330 g/mol. The SMILES string of the molecule is COc1ccc(N2C(=O)[C@@H]3[C@@H]4O[C@@H](C[C@H]4c4ccccc4)[C@@H]3C2=O)cc1. The number of amides is 2. The lowest BCUT2D eigenvalue weighted by atomic mass is 9.73. The zero-order valence-corrected chi connectivity index (χ0v) is 14.4. The van der Waals surface area contributed by atoms with Crippen molar-refractivity contribution in [2.45, 2.75) is 24.5 Å². The molecule has 2 bridgehead atoms. The van der Waals surface area contributed by atoms with Gasteiger partial charge in [-0.2, -0.15) is 0 Å². The molecule has 3 heterocycles. The second kappa shape index (κ2) is 5.68. The second-order valence-corrected chi connectivity index (χ2v) is 7.15. The van der Waals surface area contributed by atoms with E-state index in [-0.39, 0.29) is 41.8 Å². The molecule has 3 aliphatic heterocycles. The average Bonchev–Trinajstić information content (AvgIpc) is 3.34. The second-order valence-electron chi connectivity index (χ2n) is 7.15. The number of rotatable bonds is 3. The number of benzene rings is 2. The van der Waals surface area contributed by atoms with E-state index in [1.807, 2.05) is 18.2 Å². The Bertz CT molecular complexity index is 863. The lowest BCUT2D eigenvalue weighted by Crippen LogP contribution is -2.35. The Hall–Kier alpha value is -2.66. The van der Waals surface area contributed by atoms with Crippen LogP contribution in [0, 0.1) is 11.8 Å². The third-order valence-corrected chi connectivity index (χ3v) is 5.93. The van der Waals surface area contributed by atoms with Crippen LogP contribution in [-0.4, -0.2) is 31.1 Å². The Balaban J connectivity index is 1.46. The first-order valence-corrected chi connectivity index (χ1v) is 8.91. The zero-order chi connectivity index (χ0) is 17.8. The van der Waals surface area contributed by atoms with Crippen LogP contribution in [0.25, 0.3) is 0 Å². The molecular formula is C21H19NO4. The van der Waals surface area contributed by atoms with Crippen molar-refractivity contribution >= 4 is 17.5 Å². The number of ether oxygens (including phenoxy) is 2. The van der Waals surface area contributed by atoms with Gasteiger partial charge in [-0.25, -0.2) is 4.90 Å². The van der Waals surface area contributed by atoms with Crippen molar-refractivity contribution in [3.8, 4) is 5.75 Å². The average molecular weight is 349 g/mol. The largest absolute Gasteiger partial charge is 0.497 e. The molecule has 5 heteroatoms. The number of imide groups is 1. The monoisotopic (exact) mass is 349 g/mol. The highest BCUT2D eigenvalue weighted by Gasteiger charge is 2.65. The van der Waals surface area contributed by atoms with E-state index in [0.29, 0.717) is 11.4 Å². The maximum atomic E-state index is 13.1. The molecule has 0 spiro atoms. The molecule has 0 N–H and O–H groups in total. The maximum Gasteiger partial charge on any atom is 0.240 e. The van der Waals surface area contributed by atoms with Crippen molar-refractivity contribution in [3.63, 3.8) is 0 Å². The fraction of sp³-hybridized carbons (Fsp3) is 0.333. The summed E-state index contributed by atoms with van der Waals surface area (Å²) in [5.74, 6) is -0.138. The Labute approximate surface area is 151 Å². The van der Waals surface area contributed by atoms with Crippen LogP contribution in [0.2, 0.25) is 0 Å². The number of methoxy groups -OCH3 is 1.